The highest BCUT2D eigenvalue weighted by Gasteiger charge is 2.19. The van der Waals surface area contributed by atoms with Crippen molar-refractivity contribution in [1.29, 1.82) is 0 Å². The van der Waals surface area contributed by atoms with E-state index in [9.17, 15) is 9.59 Å². The SMILES string of the molecule is CC(C)Oc1ccc(CNC(=O)CSCc2nc3sc4c(c3c(=O)[nH]2)CCCC4)cn1. The highest BCUT2D eigenvalue weighted by molar-refractivity contribution is 7.99. The lowest BCUT2D eigenvalue weighted by molar-refractivity contribution is -0.118. The van der Waals surface area contributed by atoms with Gasteiger partial charge in [0.15, 0.2) is 0 Å². The largest absolute Gasteiger partial charge is 0.475 e. The van der Waals surface area contributed by atoms with Crippen LogP contribution in [0.1, 0.15) is 48.5 Å². The Bertz CT molecular complexity index is 1120. The lowest BCUT2D eigenvalue weighted by atomic mass is 9.97. The summed E-state index contributed by atoms with van der Waals surface area (Å²) >= 11 is 3.08. The van der Waals surface area contributed by atoms with Crippen LogP contribution in [-0.2, 0) is 29.9 Å². The summed E-state index contributed by atoms with van der Waals surface area (Å²) in [5.74, 6) is 1.92. The first-order chi connectivity index (χ1) is 15.0. The fourth-order valence-corrected chi connectivity index (χ4v) is 5.60. The molecule has 0 saturated carbocycles. The molecule has 0 radical (unpaired) electrons. The van der Waals surface area contributed by atoms with Crippen LogP contribution in [0.2, 0.25) is 0 Å². The molecule has 2 N–H and O–H groups in total. The molecule has 1 aliphatic carbocycles. The number of aromatic amines is 1. The first-order valence-corrected chi connectivity index (χ1v) is 12.5. The summed E-state index contributed by atoms with van der Waals surface area (Å²) in [5.41, 5.74) is 2.05. The van der Waals surface area contributed by atoms with Crippen LogP contribution in [0.3, 0.4) is 0 Å². The van der Waals surface area contributed by atoms with E-state index in [1.165, 1.54) is 28.6 Å². The summed E-state index contributed by atoms with van der Waals surface area (Å²) in [4.78, 5) is 38.7. The van der Waals surface area contributed by atoms with Gasteiger partial charge in [-0.1, -0.05) is 6.07 Å². The smallest absolute Gasteiger partial charge is 0.259 e. The zero-order valence-corrected chi connectivity index (χ0v) is 19.3. The summed E-state index contributed by atoms with van der Waals surface area (Å²) in [6.07, 6.45) is 6.11. The maximum absolute atomic E-state index is 12.6. The molecule has 0 spiro atoms. The molecule has 3 aromatic heterocycles. The van der Waals surface area contributed by atoms with E-state index in [4.69, 9.17) is 4.74 Å². The van der Waals surface area contributed by atoms with Gasteiger partial charge in [-0.15, -0.1) is 23.1 Å². The zero-order valence-electron chi connectivity index (χ0n) is 17.7. The molecule has 0 aliphatic heterocycles. The minimum absolute atomic E-state index is 0.0538. The van der Waals surface area contributed by atoms with Gasteiger partial charge in [-0.05, 0) is 50.7 Å². The molecule has 1 amide bonds. The molecule has 0 atom stereocenters. The Morgan fingerprint density at radius 3 is 2.94 bits per heavy atom. The van der Waals surface area contributed by atoms with Gasteiger partial charge < -0.3 is 15.0 Å². The number of hydrogen-bond acceptors (Lipinski definition) is 7. The van der Waals surface area contributed by atoms with Crippen molar-refractivity contribution in [3.05, 3.63) is 50.5 Å². The summed E-state index contributed by atoms with van der Waals surface area (Å²) in [7, 11) is 0. The monoisotopic (exact) mass is 458 g/mol. The van der Waals surface area contributed by atoms with Gasteiger partial charge in [0.05, 0.1) is 23.0 Å². The quantitative estimate of drug-likeness (QED) is 0.535. The zero-order chi connectivity index (χ0) is 21.8. The predicted molar refractivity (Wildman–Crippen MR) is 125 cm³/mol. The summed E-state index contributed by atoms with van der Waals surface area (Å²) in [6, 6.07) is 3.69. The second kappa shape index (κ2) is 9.82. The lowest BCUT2D eigenvalue weighted by Crippen LogP contribution is -2.24. The van der Waals surface area contributed by atoms with E-state index in [0.717, 1.165) is 35.0 Å². The Kier molecular flexibility index (Phi) is 6.92. The van der Waals surface area contributed by atoms with Crippen LogP contribution in [0.4, 0.5) is 0 Å². The molecule has 0 unspecified atom stereocenters. The molecular formula is C22H26N4O3S2. The van der Waals surface area contributed by atoms with Gasteiger partial charge in [-0.2, -0.15) is 0 Å². The minimum atomic E-state index is -0.0671. The molecule has 0 fully saturated rings. The molecule has 0 saturated heterocycles. The number of nitrogens with zero attached hydrogens (tertiary/aromatic N) is 2. The van der Waals surface area contributed by atoms with E-state index < -0.39 is 0 Å². The van der Waals surface area contributed by atoms with Crippen molar-refractivity contribution in [2.45, 2.75) is 57.9 Å². The molecule has 0 bridgehead atoms. The van der Waals surface area contributed by atoms with Gasteiger partial charge in [0.1, 0.15) is 10.7 Å². The van der Waals surface area contributed by atoms with Gasteiger partial charge in [0.25, 0.3) is 5.56 Å². The number of aryl methyl sites for hydroxylation is 2. The van der Waals surface area contributed by atoms with Crippen LogP contribution >= 0.6 is 23.1 Å². The van der Waals surface area contributed by atoms with Gasteiger partial charge in [0, 0.05) is 23.7 Å². The minimum Gasteiger partial charge on any atom is -0.475 e. The van der Waals surface area contributed by atoms with E-state index >= 15 is 0 Å². The number of rotatable bonds is 8. The van der Waals surface area contributed by atoms with Crippen LogP contribution in [0, 0.1) is 0 Å². The van der Waals surface area contributed by atoms with Crippen molar-refractivity contribution in [3.8, 4) is 5.88 Å². The second-order valence-corrected chi connectivity index (χ2v) is 9.91. The number of fused-ring (bicyclic) bond motifs is 3. The van der Waals surface area contributed by atoms with Crippen molar-refractivity contribution in [2.24, 2.45) is 0 Å². The standard InChI is InChI=1S/C22H26N4O3S2/c1-13(2)29-19-8-7-14(10-24-19)9-23-18(27)12-30-11-17-25-21(28)20-15-5-3-4-6-16(15)31-22(20)26-17/h7-8,10,13H,3-6,9,11-12H2,1-2H3,(H,23,27)(H,25,26,28). The predicted octanol–water partition coefficient (Wildman–Crippen LogP) is 3.60. The van der Waals surface area contributed by atoms with Gasteiger partial charge >= 0.3 is 0 Å². The molecule has 3 aromatic rings. The Morgan fingerprint density at radius 2 is 2.16 bits per heavy atom. The van der Waals surface area contributed by atoms with Crippen molar-refractivity contribution in [1.82, 2.24) is 20.3 Å². The molecule has 0 aromatic carbocycles. The highest BCUT2D eigenvalue weighted by Crippen LogP contribution is 2.33. The number of thioether (sulfide) groups is 1. The number of nitrogens with one attached hydrogen (secondary N) is 2. The average Bonchev–Trinajstić information content (AvgIpc) is 3.12. The molecule has 1 aliphatic rings. The first-order valence-electron chi connectivity index (χ1n) is 10.5. The van der Waals surface area contributed by atoms with Gasteiger partial charge in [0.2, 0.25) is 11.8 Å². The molecular weight excluding hydrogens is 432 g/mol. The lowest BCUT2D eigenvalue weighted by Gasteiger charge is -2.09. The Morgan fingerprint density at radius 1 is 1.32 bits per heavy atom. The Balaban J connectivity index is 1.27. The summed E-state index contributed by atoms with van der Waals surface area (Å²) in [6.45, 7) is 4.31. The topological polar surface area (TPSA) is 97.0 Å². The van der Waals surface area contributed by atoms with E-state index in [-0.39, 0.29) is 17.6 Å². The van der Waals surface area contributed by atoms with Crippen molar-refractivity contribution in [3.63, 3.8) is 0 Å². The second-order valence-electron chi connectivity index (χ2n) is 7.84. The molecule has 7 nitrogen and oxygen atoms in total. The molecule has 164 valence electrons. The fourth-order valence-electron chi connectivity index (χ4n) is 3.60. The Labute approximate surface area is 189 Å². The number of H-pyrrole nitrogens is 1. The number of ether oxygens (including phenoxy) is 1. The van der Waals surface area contributed by atoms with E-state index in [1.807, 2.05) is 19.9 Å². The molecule has 31 heavy (non-hydrogen) atoms. The van der Waals surface area contributed by atoms with Crippen LogP contribution in [0.15, 0.2) is 23.1 Å². The van der Waals surface area contributed by atoms with Crippen LogP contribution in [0.25, 0.3) is 10.2 Å². The number of hydrogen-bond donors (Lipinski definition) is 2. The summed E-state index contributed by atoms with van der Waals surface area (Å²) < 4.78 is 5.52. The molecule has 3 heterocycles. The number of carbonyl (C=O) groups is 1. The number of thiophene rings is 1. The fraction of sp³-hybridized carbons (Fsp3) is 0.455. The van der Waals surface area contributed by atoms with E-state index in [1.54, 1.807) is 23.6 Å². The van der Waals surface area contributed by atoms with Crippen molar-refractivity contribution >= 4 is 39.2 Å². The number of aromatic nitrogens is 3. The third kappa shape index (κ3) is 5.46. The number of pyridine rings is 1. The van der Waals surface area contributed by atoms with E-state index in [2.05, 4.69) is 20.3 Å². The third-order valence-corrected chi connectivity index (χ3v) is 7.12. The van der Waals surface area contributed by atoms with Gasteiger partial charge in [-0.3, -0.25) is 9.59 Å². The first kappa shape index (κ1) is 21.8. The summed E-state index contributed by atoms with van der Waals surface area (Å²) in [5, 5.41) is 3.66. The Hall–Kier alpha value is -2.39. The molecule has 4 rings (SSSR count). The third-order valence-electron chi connectivity index (χ3n) is 4.99. The number of amides is 1. The van der Waals surface area contributed by atoms with Crippen LogP contribution < -0.4 is 15.6 Å². The van der Waals surface area contributed by atoms with E-state index in [0.29, 0.717) is 29.8 Å². The maximum atomic E-state index is 12.6. The average molecular weight is 459 g/mol. The van der Waals surface area contributed by atoms with Gasteiger partial charge in [-0.25, -0.2) is 9.97 Å². The molecule has 9 heteroatoms. The van der Waals surface area contributed by atoms with Crippen molar-refractivity contribution in [2.75, 3.05) is 5.75 Å². The van der Waals surface area contributed by atoms with Crippen LogP contribution in [0.5, 0.6) is 5.88 Å². The van der Waals surface area contributed by atoms with Crippen molar-refractivity contribution < 1.29 is 9.53 Å². The highest BCUT2D eigenvalue weighted by atomic mass is 32.2. The maximum Gasteiger partial charge on any atom is 0.259 e. The van der Waals surface area contributed by atoms with Crippen LogP contribution in [-0.4, -0.2) is 32.7 Å². The number of carbonyl (C=O) groups excluding carboxylic acids is 1. The normalized spacial score (nSPS) is 13.4.